The molecule has 1 rings (SSSR count). The quantitative estimate of drug-likeness (QED) is 0.728. The maximum absolute atomic E-state index is 11.6. The number of ether oxygens (including phenoxy) is 1. The first-order valence-corrected chi connectivity index (χ1v) is 6.30. The van der Waals surface area contributed by atoms with Crippen LogP contribution in [0.1, 0.15) is 44.7 Å². The monoisotopic (exact) mass is 234 g/mol. The average Bonchev–Trinajstić information content (AvgIpc) is 2.28. The highest BCUT2D eigenvalue weighted by molar-refractivity contribution is 5.77. The molecule has 1 unspecified atom stereocenters. The number of benzene rings is 1. The van der Waals surface area contributed by atoms with Gasteiger partial charge in [-0.1, -0.05) is 38.1 Å². The third kappa shape index (κ3) is 4.22. The normalized spacial score (nSPS) is 12.5. The number of rotatable bonds is 5. The van der Waals surface area contributed by atoms with Crippen LogP contribution in [0.4, 0.5) is 0 Å². The summed E-state index contributed by atoms with van der Waals surface area (Å²) in [5, 5.41) is 0. The van der Waals surface area contributed by atoms with Gasteiger partial charge in [-0.2, -0.15) is 0 Å². The van der Waals surface area contributed by atoms with Gasteiger partial charge in [0.2, 0.25) is 0 Å². The number of esters is 1. The fourth-order valence-electron chi connectivity index (χ4n) is 1.82. The van der Waals surface area contributed by atoms with E-state index in [2.05, 4.69) is 26.0 Å². The van der Waals surface area contributed by atoms with Crippen molar-refractivity contribution in [2.75, 3.05) is 6.61 Å². The minimum atomic E-state index is -0.178. The van der Waals surface area contributed by atoms with Crippen LogP contribution in [-0.4, -0.2) is 12.6 Å². The molecule has 1 aromatic carbocycles. The Morgan fingerprint density at radius 3 is 2.24 bits per heavy atom. The third-order valence-corrected chi connectivity index (χ3v) is 2.76. The number of carbonyl (C=O) groups is 1. The van der Waals surface area contributed by atoms with Gasteiger partial charge >= 0.3 is 5.97 Å². The first kappa shape index (κ1) is 13.8. The van der Waals surface area contributed by atoms with Crippen LogP contribution in [0, 0.1) is 5.92 Å². The van der Waals surface area contributed by atoms with Crippen molar-refractivity contribution in [3.05, 3.63) is 35.4 Å². The van der Waals surface area contributed by atoms with Gasteiger partial charge in [-0.15, -0.1) is 0 Å². The molecule has 0 spiro atoms. The van der Waals surface area contributed by atoms with E-state index in [1.165, 1.54) is 5.56 Å². The molecule has 0 bridgehead atoms. The first-order valence-electron chi connectivity index (χ1n) is 6.30. The zero-order valence-corrected chi connectivity index (χ0v) is 11.2. The lowest BCUT2D eigenvalue weighted by molar-refractivity contribution is -0.144. The van der Waals surface area contributed by atoms with Gasteiger partial charge in [0.25, 0.3) is 0 Å². The summed E-state index contributed by atoms with van der Waals surface area (Å²) < 4.78 is 5.01. The van der Waals surface area contributed by atoms with Gasteiger partial charge in [0.15, 0.2) is 0 Å². The Balaban J connectivity index is 2.70. The van der Waals surface area contributed by atoms with Gasteiger partial charge in [-0.3, -0.25) is 4.79 Å². The van der Waals surface area contributed by atoms with Crippen LogP contribution in [0.25, 0.3) is 0 Å². The maximum atomic E-state index is 11.6. The Hall–Kier alpha value is -1.31. The van der Waals surface area contributed by atoms with Crippen LogP contribution in [0.2, 0.25) is 0 Å². The molecule has 0 aliphatic heterocycles. The molecule has 0 radical (unpaired) electrons. The molecule has 1 atom stereocenters. The second-order valence-corrected chi connectivity index (χ2v) is 4.81. The van der Waals surface area contributed by atoms with Crippen molar-refractivity contribution < 1.29 is 9.53 Å². The lowest BCUT2D eigenvalue weighted by Crippen LogP contribution is -2.12. The molecule has 0 aromatic heterocycles. The summed E-state index contributed by atoms with van der Waals surface area (Å²) in [5.41, 5.74) is 2.34. The number of hydrogen-bond acceptors (Lipinski definition) is 2. The fraction of sp³-hybridized carbons (Fsp3) is 0.533. The molecule has 0 fully saturated rings. The van der Waals surface area contributed by atoms with E-state index in [0.717, 1.165) is 12.0 Å². The van der Waals surface area contributed by atoms with Crippen LogP contribution in [0.3, 0.4) is 0 Å². The van der Waals surface area contributed by atoms with E-state index in [1.54, 1.807) is 0 Å². The minimum Gasteiger partial charge on any atom is -0.466 e. The second kappa shape index (κ2) is 6.43. The van der Waals surface area contributed by atoms with Crippen molar-refractivity contribution in [2.24, 2.45) is 5.92 Å². The van der Waals surface area contributed by atoms with E-state index in [-0.39, 0.29) is 11.9 Å². The lowest BCUT2D eigenvalue weighted by atomic mass is 9.97. The number of hydrogen-bond donors (Lipinski definition) is 0. The summed E-state index contributed by atoms with van der Waals surface area (Å²) in [7, 11) is 0. The standard InChI is InChI=1S/C15H22O2/c1-5-17-15(16)12(4)14-8-6-13(7-9-14)10-11(2)3/h6-9,11-12H,5,10H2,1-4H3. The molecule has 0 N–H and O–H groups in total. The summed E-state index contributed by atoms with van der Waals surface area (Å²) >= 11 is 0. The second-order valence-electron chi connectivity index (χ2n) is 4.81. The molecule has 0 saturated carbocycles. The van der Waals surface area contributed by atoms with Crippen LogP contribution < -0.4 is 0 Å². The van der Waals surface area contributed by atoms with Gasteiger partial charge in [0, 0.05) is 0 Å². The highest BCUT2D eigenvalue weighted by Gasteiger charge is 2.15. The topological polar surface area (TPSA) is 26.3 Å². The Bertz CT molecular complexity index is 352. The summed E-state index contributed by atoms with van der Waals surface area (Å²) in [4.78, 5) is 11.6. The predicted molar refractivity (Wildman–Crippen MR) is 70.0 cm³/mol. The van der Waals surface area contributed by atoms with Crippen molar-refractivity contribution in [3.63, 3.8) is 0 Å². The Morgan fingerprint density at radius 2 is 1.76 bits per heavy atom. The lowest BCUT2D eigenvalue weighted by Gasteiger charge is -2.12. The molecular formula is C15H22O2. The smallest absolute Gasteiger partial charge is 0.313 e. The predicted octanol–water partition coefficient (Wildman–Crippen LogP) is 3.55. The average molecular weight is 234 g/mol. The Morgan fingerprint density at radius 1 is 1.18 bits per heavy atom. The number of carbonyl (C=O) groups excluding carboxylic acids is 1. The molecule has 1 aromatic rings. The van der Waals surface area contributed by atoms with Crippen LogP contribution >= 0.6 is 0 Å². The van der Waals surface area contributed by atoms with Crippen molar-refractivity contribution in [3.8, 4) is 0 Å². The molecule has 2 heteroatoms. The van der Waals surface area contributed by atoms with Gasteiger partial charge in [0.05, 0.1) is 12.5 Å². The SMILES string of the molecule is CCOC(=O)C(C)c1ccc(CC(C)C)cc1. The molecule has 0 heterocycles. The van der Waals surface area contributed by atoms with Crippen molar-refractivity contribution >= 4 is 5.97 Å². The highest BCUT2D eigenvalue weighted by atomic mass is 16.5. The van der Waals surface area contributed by atoms with Crippen LogP contribution in [0.15, 0.2) is 24.3 Å². The zero-order valence-electron chi connectivity index (χ0n) is 11.2. The summed E-state index contributed by atoms with van der Waals surface area (Å²) in [6.07, 6.45) is 1.08. The van der Waals surface area contributed by atoms with E-state index in [4.69, 9.17) is 4.74 Å². The van der Waals surface area contributed by atoms with Crippen molar-refractivity contribution in [2.45, 2.75) is 40.0 Å². The van der Waals surface area contributed by atoms with Gasteiger partial charge in [0.1, 0.15) is 0 Å². The van der Waals surface area contributed by atoms with E-state index in [0.29, 0.717) is 12.5 Å². The van der Waals surface area contributed by atoms with Gasteiger partial charge in [-0.25, -0.2) is 0 Å². The van der Waals surface area contributed by atoms with E-state index in [1.807, 2.05) is 26.0 Å². The zero-order chi connectivity index (χ0) is 12.8. The third-order valence-electron chi connectivity index (χ3n) is 2.76. The van der Waals surface area contributed by atoms with Crippen LogP contribution in [0.5, 0.6) is 0 Å². The molecule has 0 amide bonds. The van der Waals surface area contributed by atoms with Crippen molar-refractivity contribution in [1.29, 1.82) is 0 Å². The molecular weight excluding hydrogens is 212 g/mol. The van der Waals surface area contributed by atoms with Gasteiger partial charge in [-0.05, 0) is 37.3 Å². The first-order chi connectivity index (χ1) is 8.04. The Labute approximate surface area is 104 Å². The molecule has 94 valence electrons. The fourth-order valence-corrected chi connectivity index (χ4v) is 1.82. The van der Waals surface area contributed by atoms with E-state index in [9.17, 15) is 4.79 Å². The molecule has 0 aliphatic rings. The van der Waals surface area contributed by atoms with E-state index >= 15 is 0 Å². The van der Waals surface area contributed by atoms with E-state index < -0.39 is 0 Å². The maximum Gasteiger partial charge on any atom is 0.313 e. The van der Waals surface area contributed by atoms with Crippen LogP contribution in [-0.2, 0) is 16.0 Å². The molecule has 17 heavy (non-hydrogen) atoms. The molecule has 0 aliphatic carbocycles. The summed E-state index contributed by atoms with van der Waals surface area (Å²) in [5.74, 6) is 0.329. The highest BCUT2D eigenvalue weighted by Crippen LogP contribution is 2.18. The summed E-state index contributed by atoms with van der Waals surface area (Å²) in [6.45, 7) is 8.56. The van der Waals surface area contributed by atoms with Gasteiger partial charge < -0.3 is 4.74 Å². The summed E-state index contributed by atoms with van der Waals surface area (Å²) in [6, 6.07) is 8.26. The minimum absolute atomic E-state index is 0.149. The largest absolute Gasteiger partial charge is 0.466 e. The Kier molecular flexibility index (Phi) is 5.20. The molecule has 2 nitrogen and oxygen atoms in total. The van der Waals surface area contributed by atoms with Crippen molar-refractivity contribution in [1.82, 2.24) is 0 Å². The molecule has 0 saturated heterocycles.